The summed E-state index contributed by atoms with van der Waals surface area (Å²) in [5, 5.41) is 121. The van der Waals surface area contributed by atoms with E-state index < -0.39 is 171 Å². The molecule has 5 aliphatic heterocycles. The van der Waals surface area contributed by atoms with Crippen molar-refractivity contribution >= 4 is 29.5 Å². The first-order valence-corrected chi connectivity index (χ1v) is 22.4. The molecular weight excluding hydrogens is 950 g/mol. The summed E-state index contributed by atoms with van der Waals surface area (Å²) in [5.41, 5.74) is 1.29. The minimum Gasteiger partial charge on any atom is -0.504 e. The summed E-state index contributed by atoms with van der Waals surface area (Å²) >= 11 is 0. The number of cyclic esters (lactones) is 1. The van der Waals surface area contributed by atoms with Gasteiger partial charge in [0.25, 0.3) is 0 Å². The Labute approximate surface area is 401 Å². The first kappa shape index (κ1) is 50.2. The number of aliphatic hydroxyl groups excluding tert-OH is 9. The number of rotatable bonds is 12. The Morgan fingerprint density at radius 2 is 1.44 bits per heavy atom. The van der Waals surface area contributed by atoms with E-state index in [0.29, 0.717) is 11.3 Å². The zero-order chi connectivity index (χ0) is 50.8. The molecule has 384 valence electrons. The molecule has 0 spiro atoms. The van der Waals surface area contributed by atoms with Gasteiger partial charge in [0.1, 0.15) is 80.9 Å². The zero-order valence-electron chi connectivity index (χ0n) is 37.3. The molecule has 1 amide bonds. The van der Waals surface area contributed by atoms with Gasteiger partial charge in [0.15, 0.2) is 35.4 Å². The number of aromatic hydroxyl groups is 2. The molecular formula is C46H51NO24. The number of carbonyl (C=O) groups is 4. The molecule has 71 heavy (non-hydrogen) atoms. The van der Waals surface area contributed by atoms with Crippen molar-refractivity contribution in [1.29, 1.82) is 0 Å². The van der Waals surface area contributed by atoms with Crippen LogP contribution in [0, 0.1) is 5.92 Å². The third-order valence-corrected chi connectivity index (χ3v) is 13.7. The molecule has 0 radical (unpaired) electrons. The average Bonchev–Trinajstić information content (AvgIpc) is 3.95. The highest BCUT2D eigenvalue weighted by Crippen LogP contribution is 2.55. The van der Waals surface area contributed by atoms with Gasteiger partial charge in [-0.05, 0) is 52.6 Å². The molecule has 2 bridgehead atoms. The SMILES string of the molecule is COc1cc([C@@H]2c3cc(O[C@@H]4O[C@H](COC(=O)C[C@@H]5C(=O)Nc6ccccc65)[C@@H](O)[C@H](O)[C@H]4O)c(O)cc3[C@H]3C(=O)O[C@H]4[C@H](O)[C@@H](COC(=O)[C@@H]23)O[C@@]4(CO)O[C@H]2O[C@H](CO)[C@@H](O)[C@H](O)[C@H]2O)ccc1O. The number of amides is 1. The molecule has 5 heterocycles. The van der Waals surface area contributed by atoms with E-state index in [9.17, 15) is 75.3 Å². The summed E-state index contributed by atoms with van der Waals surface area (Å²) in [6.07, 6.45) is -24.5. The number of carbonyl (C=O) groups excluding carboxylic acids is 4. The maximum absolute atomic E-state index is 14.7. The Bertz CT molecular complexity index is 2520. The van der Waals surface area contributed by atoms with Crippen LogP contribution in [0.25, 0.3) is 0 Å². The Morgan fingerprint density at radius 3 is 2.15 bits per heavy atom. The highest BCUT2D eigenvalue weighted by Gasteiger charge is 2.63. The smallest absolute Gasteiger partial charge is 0.314 e. The molecule has 3 aromatic rings. The predicted molar refractivity (Wildman–Crippen MR) is 228 cm³/mol. The van der Waals surface area contributed by atoms with Crippen molar-refractivity contribution in [2.75, 3.05) is 38.9 Å². The molecule has 0 unspecified atom stereocenters. The molecule has 6 aliphatic rings. The lowest BCUT2D eigenvalue weighted by molar-refractivity contribution is -0.383. The number of nitrogens with one attached hydrogen (secondary N) is 1. The molecule has 0 saturated carbocycles. The molecule has 1 aliphatic carbocycles. The number of aliphatic hydroxyl groups is 9. The molecule has 9 rings (SSSR count). The number of phenols is 2. The summed E-state index contributed by atoms with van der Waals surface area (Å²) in [6.45, 7) is -3.57. The Hall–Kier alpha value is -5.78. The second-order valence-corrected chi connectivity index (χ2v) is 17.9. The third kappa shape index (κ3) is 8.89. The van der Waals surface area contributed by atoms with Crippen LogP contribution in [-0.4, -0.2) is 199 Å². The fraction of sp³-hybridized carbons (Fsp3) is 0.522. The van der Waals surface area contributed by atoms with Crippen LogP contribution < -0.4 is 14.8 Å². The average molecular weight is 1000 g/mol. The largest absolute Gasteiger partial charge is 0.504 e. The van der Waals surface area contributed by atoms with E-state index in [0.717, 1.165) is 6.07 Å². The quantitative estimate of drug-likeness (QED) is 0.0620. The summed E-state index contributed by atoms with van der Waals surface area (Å²) in [7, 11) is 1.26. The number of benzene rings is 3. The molecule has 0 aromatic heterocycles. The minimum absolute atomic E-state index is 0.0653. The maximum Gasteiger partial charge on any atom is 0.314 e. The second kappa shape index (κ2) is 19.7. The Kier molecular flexibility index (Phi) is 13.9. The van der Waals surface area contributed by atoms with Gasteiger partial charge in [-0.3, -0.25) is 19.2 Å². The van der Waals surface area contributed by atoms with Gasteiger partial charge in [0.2, 0.25) is 18.0 Å². The fourth-order valence-corrected chi connectivity index (χ4v) is 10.0. The number of para-hydroxylation sites is 1. The Morgan fingerprint density at radius 1 is 0.746 bits per heavy atom. The van der Waals surface area contributed by atoms with Crippen molar-refractivity contribution in [2.24, 2.45) is 5.92 Å². The molecule has 25 heteroatoms. The summed E-state index contributed by atoms with van der Waals surface area (Å²) in [4.78, 5) is 54.8. The summed E-state index contributed by atoms with van der Waals surface area (Å²) in [5.74, 6) is -13.4. The van der Waals surface area contributed by atoms with Crippen molar-refractivity contribution in [3.05, 3.63) is 76.9 Å². The first-order chi connectivity index (χ1) is 33.9. The lowest BCUT2D eigenvalue weighted by atomic mass is 9.82. The highest BCUT2D eigenvalue weighted by atomic mass is 16.8. The van der Waals surface area contributed by atoms with Crippen molar-refractivity contribution in [1.82, 2.24) is 0 Å². The lowest BCUT2D eigenvalue weighted by Crippen LogP contribution is -2.63. The third-order valence-electron chi connectivity index (χ3n) is 13.7. The lowest BCUT2D eigenvalue weighted by Gasteiger charge is -2.43. The van der Waals surface area contributed by atoms with E-state index >= 15 is 0 Å². The molecule has 3 aromatic carbocycles. The number of phenolic OH excluding ortho intramolecular Hbond substituents is 2. The van der Waals surface area contributed by atoms with E-state index in [1.807, 2.05) is 0 Å². The number of esters is 3. The number of anilines is 1. The first-order valence-electron chi connectivity index (χ1n) is 22.4. The molecule has 12 N–H and O–H groups in total. The number of hydrogen-bond donors (Lipinski definition) is 12. The monoisotopic (exact) mass is 1000 g/mol. The van der Waals surface area contributed by atoms with Gasteiger partial charge in [-0.1, -0.05) is 24.3 Å². The molecule has 4 saturated heterocycles. The number of hydrogen-bond acceptors (Lipinski definition) is 24. The van der Waals surface area contributed by atoms with Crippen LogP contribution in [0.1, 0.15) is 46.4 Å². The van der Waals surface area contributed by atoms with Gasteiger partial charge < -0.3 is 104 Å². The standard InChI is InChI=1S/C46H51NO24/c1-63-24-8-16(6-7-22(24)50)30-19-10-25(66-44-38(58)37(57)34(54)27(68-44)13-64-29(52)11-20-17-4-2-3-5-21(17)47-41(20)60)23(51)9-18(19)31-32(30)42(61)65-14-28-35(55)40(69-43(31)62)46(15-49,70-28)71-45-39(59)36(56)33(53)26(12-48)67-45/h2-10,20,26-28,30-40,44-45,48-51,53-59H,11-15H2,1H3,(H,47,60)/t20-,26+,27+,28+,30+,31+,32-,33+,34+,35+,36-,37-,38+,39+,40-,44+,45+,46-/m0/s1. The molecule has 4 fully saturated rings. The number of methoxy groups -OCH3 is 1. The summed E-state index contributed by atoms with van der Waals surface area (Å²) < 4.78 is 51.1. The van der Waals surface area contributed by atoms with Gasteiger partial charge in [0, 0.05) is 11.6 Å². The molecule has 18 atom stereocenters. The summed E-state index contributed by atoms with van der Waals surface area (Å²) in [6, 6.07) is 13.0. The van der Waals surface area contributed by atoms with Crippen LogP contribution >= 0.6 is 0 Å². The van der Waals surface area contributed by atoms with Crippen molar-refractivity contribution in [2.45, 2.75) is 110 Å². The van der Waals surface area contributed by atoms with Crippen molar-refractivity contribution in [3.8, 4) is 23.0 Å². The topological polar surface area (TPSA) is 386 Å². The van der Waals surface area contributed by atoms with Crippen LogP contribution in [0.15, 0.2) is 54.6 Å². The van der Waals surface area contributed by atoms with Crippen LogP contribution in [0.2, 0.25) is 0 Å². The van der Waals surface area contributed by atoms with Gasteiger partial charge >= 0.3 is 17.9 Å². The molecule has 25 nitrogen and oxygen atoms in total. The van der Waals surface area contributed by atoms with Crippen LogP contribution in [-0.2, 0) is 52.3 Å². The van der Waals surface area contributed by atoms with E-state index in [1.165, 1.54) is 31.4 Å². The van der Waals surface area contributed by atoms with Crippen LogP contribution in [0.4, 0.5) is 5.69 Å². The van der Waals surface area contributed by atoms with E-state index in [2.05, 4.69) is 5.32 Å². The Balaban J connectivity index is 1.02. The van der Waals surface area contributed by atoms with E-state index in [4.69, 9.17) is 42.6 Å². The number of fused-ring (bicyclic) bond motifs is 6. The van der Waals surface area contributed by atoms with Gasteiger partial charge in [-0.15, -0.1) is 0 Å². The zero-order valence-corrected chi connectivity index (χ0v) is 37.3. The van der Waals surface area contributed by atoms with E-state index in [-0.39, 0.29) is 34.6 Å². The fourth-order valence-electron chi connectivity index (χ4n) is 10.0. The number of ether oxygens (including phenoxy) is 9. The normalized spacial score (nSPS) is 37.4. The van der Waals surface area contributed by atoms with E-state index in [1.54, 1.807) is 24.3 Å². The second-order valence-electron chi connectivity index (χ2n) is 17.9. The van der Waals surface area contributed by atoms with Gasteiger partial charge in [-0.25, -0.2) is 0 Å². The minimum atomic E-state index is -2.63. The van der Waals surface area contributed by atoms with Crippen LogP contribution in [0.3, 0.4) is 0 Å². The van der Waals surface area contributed by atoms with Gasteiger partial charge in [-0.2, -0.15) is 0 Å². The van der Waals surface area contributed by atoms with Crippen molar-refractivity contribution < 1.29 is 118 Å². The maximum atomic E-state index is 14.7. The predicted octanol–water partition coefficient (Wildman–Crippen LogP) is -3.46. The van der Waals surface area contributed by atoms with Gasteiger partial charge in [0.05, 0.1) is 37.9 Å². The highest BCUT2D eigenvalue weighted by molar-refractivity contribution is 6.04. The van der Waals surface area contributed by atoms with Crippen LogP contribution in [0.5, 0.6) is 23.0 Å². The van der Waals surface area contributed by atoms with Crippen molar-refractivity contribution in [3.63, 3.8) is 0 Å².